The van der Waals surface area contributed by atoms with Crippen LogP contribution >= 0.6 is 0 Å². The molecule has 2 fully saturated rings. The Bertz CT molecular complexity index is 2040. The molecule has 0 atom stereocenters. The summed E-state index contributed by atoms with van der Waals surface area (Å²) in [5.74, 6) is 1.79. The third-order valence-electron chi connectivity index (χ3n) is 12.7. The molecule has 0 unspecified atom stereocenters. The second kappa shape index (κ2) is 25.8. The first-order chi connectivity index (χ1) is 28.6. The predicted molar refractivity (Wildman–Crippen MR) is 246 cm³/mol. The van der Waals surface area contributed by atoms with Gasteiger partial charge in [0.15, 0.2) is 0 Å². The zero-order valence-electron chi connectivity index (χ0n) is 36.7. The molecule has 0 saturated heterocycles. The third-order valence-corrected chi connectivity index (χ3v) is 15.6. The van der Waals surface area contributed by atoms with Crippen LogP contribution in [0.3, 0.4) is 0 Å². The Morgan fingerprint density at radius 2 is 0.951 bits per heavy atom. The summed E-state index contributed by atoms with van der Waals surface area (Å²) in [6.45, 7) is 6.36. The molecule has 0 bridgehead atoms. The quantitative estimate of drug-likeness (QED) is 0.0729. The number of halogens is 5. The Hall–Kier alpha value is -2.43. The molecule has 0 N–H and O–H groups in total. The Balaban J connectivity index is 0.000000219. The number of hydrogen-bond donors (Lipinski definition) is 0. The smallest absolute Gasteiger partial charge is 1.00 e. The van der Waals surface area contributed by atoms with Crippen molar-refractivity contribution in [3.05, 3.63) is 131 Å². The summed E-state index contributed by atoms with van der Waals surface area (Å²) in [5, 5.41) is 5.66. The molecule has 7 heteroatoms. The first-order valence-electron chi connectivity index (χ1n) is 22.7. The average Bonchev–Trinajstić information content (AvgIpc) is 3.63. The molecule has 0 aromatic heterocycles. The van der Waals surface area contributed by atoms with Crippen LogP contribution in [0.5, 0.6) is 0 Å². The summed E-state index contributed by atoms with van der Waals surface area (Å²) in [4.78, 5) is 0. The minimum Gasteiger partial charge on any atom is -1.00 e. The van der Waals surface area contributed by atoms with E-state index in [0.29, 0.717) is 6.04 Å². The van der Waals surface area contributed by atoms with E-state index in [9.17, 15) is 13.2 Å². The molecular formula is C54H65Cl2F3SiZr-2. The molecule has 0 amide bonds. The van der Waals surface area contributed by atoms with Crippen molar-refractivity contribution in [3.63, 3.8) is 0 Å². The van der Waals surface area contributed by atoms with Gasteiger partial charge in [-0.1, -0.05) is 163 Å². The Kier molecular flexibility index (Phi) is 21.6. The van der Waals surface area contributed by atoms with Crippen LogP contribution in [0.4, 0.5) is 13.2 Å². The standard InChI is InChI=1S/2C25H29.C4H7F3Si.2ClH.Zr/c2*1-2-19-12-14-22(15-13-19)24-11-7-10-23-17-21(18-25(23)24)16-20-8-5-3-4-6-9-20;1-8-3-2-4(5,6)7;;;/h2*7,10-15,17-18,20H,2-6,8-9,16H2,1H3;2-3H2,1H3;2*1H;/q2*-1;;;;+2/p-2. The first kappa shape index (κ1) is 51.2. The van der Waals surface area contributed by atoms with Gasteiger partial charge in [-0.2, -0.15) is 12.1 Å². The number of rotatable bonds is 10. The molecule has 6 aromatic carbocycles. The van der Waals surface area contributed by atoms with E-state index in [4.69, 9.17) is 0 Å². The molecule has 2 saturated carbocycles. The van der Waals surface area contributed by atoms with Gasteiger partial charge in [0.2, 0.25) is 0 Å². The van der Waals surface area contributed by atoms with Crippen LogP contribution in [0, 0.1) is 11.8 Å². The molecule has 0 nitrogen and oxygen atoms in total. The van der Waals surface area contributed by atoms with E-state index in [2.05, 4.69) is 123 Å². The first-order valence-corrected chi connectivity index (χ1v) is 28.6. The second-order valence-electron chi connectivity index (χ2n) is 17.5. The van der Waals surface area contributed by atoms with Gasteiger partial charge in [-0.15, -0.1) is 69.1 Å². The topological polar surface area (TPSA) is 0 Å². The summed E-state index contributed by atoms with van der Waals surface area (Å²) in [7, 11) is 0. The average molecular weight is 961 g/mol. The zero-order chi connectivity index (χ0) is 41.6. The SMILES string of the molecule is CCc1ccc(-c2cccc3[cH-]c(CC4CCCCCC4)cc23)cc1.CCc1ccc(-c2cccc3[cH-]c(CC4CCCCCC4)cc23)cc1.C[Si](=[Zr+2])CCC(F)(F)F.[Cl-].[Cl-]. The van der Waals surface area contributed by atoms with E-state index in [-0.39, 0.29) is 24.8 Å². The molecule has 0 aliphatic heterocycles. The molecule has 6 aromatic rings. The fourth-order valence-corrected chi connectivity index (χ4v) is 10.9. The predicted octanol–water partition coefficient (Wildman–Crippen LogP) is 10.7. The van der Waals surface area contributed by atoms with Gasteiger partial charge >= 0.3 is 67.1 Å². The molecule has 0 spiro atoms. The summed E-state index contributed by atoms with van der Waals surface area (Å²) in [6.07, 6.45) is 17.4. The molecule has 326 valence electrons. The van der Waals surface area contributed by atoms with Crippen LogP contribution < -0.4 is 24.8 Å². The monoisotopic (exact) mass is 958 g/mol. The third kappa shape index (κ3) is 16.0. The van der Waals surface area contributed by atoms with Gasteiger partial charge in [0, 0.05) is 0 Å². The van der Waals surface area contributed by atoms with Crippen molar-refractivity contribution in [2.24, 2.45) is 11.8 Å². The van der Waals surface area contributed by atoms with Crippen LogP contribution in [0.2, 0.25) is 12.6 Å². The van der Waals surface area contributed by atoms with E-state index < -0.39 is 18.0 Å². The van der Waals surface area contributed by atoms with Crippen molar-refractivity contribution in [2.75, 3.05) is 0 Å². The fraction of sp³-hybridized carbons (Fsp3) is 0.444. The van der Waals surface area contributed by atoms with Crippen molar-refractivity contribution in [3.8, 4) is 22.3 Å². The minimum absolute atomic E-state index is 0. The van der Waals surface area contributed by atoms with Crippen LogP contribution in [-0.4, -0.2) is 11.6 Å². The van der Waals surface area contributed by atoms with Crippen LogP contribution in [0.25, 0.3) is 43.8 Å². The van der Waals surface area contributed by atoms with Crippen LogP contribution in [0.15, 0.2) is 109 Å². The maximum absolute atomic E-state index is 11.4. The maximum atomic E-state index is 11.4. The largest absolute Gasteiger partial charge is 1.00 e. The number of alkyl halides is 3. The van der Waals surface area contributed by atoms with Crippen LogP contribution in [-0.2, 0) is 49.0 Å². The minimum atomic E-state index is -3.93. The van der Waals surface area contributed by atoms with Crippen molar-refractivity contribution in [1.82, 2.24) is 0 Å². The van der Waals surface area contributed by atoms with Crippen molar-refractivity contribution < 1.29 is 61.3 Å². The summed E-state index contributed by atoms with van der Waals surface area (Å²) in [6, 6.07) is 41.9. The number of aryl methyl sites for hydroxylation is 2. The molecule has 8 rings (SSSR count). The van der Waals surface area contributed by atoms with Crippen molar-refractivity contribution in [1.29, 1.82) is 0 Å². The van der Waals surface area contributed by atoms with E-state index in [0.717, 1.165) is 24.7 Å². The van der Waals surface area contributed by atoms with Gasteiger partial charge in [-0.25, -0.2) is 0 Å². The van der Waals surface area contributed by atoms with Gasteiger partial charge in [0.05, 0.1) is 0 Å². The Morgan fingerprint density at radius 3 is 1.26 bits per heavy atom. The zero-order valence-corrected chi connectivity index (χ0v) is 41.6. The van der Waals surface area contributed by atoms with E-state index in [1.54, 1.807) is 11.1 Å². The summed E-state index contributed by atoms with van der Waals surface area (Å²) >= 11 is 1.29. The Labute approximate surface area is 392 Å². The molecule has 2 aliphatic carbocycles. The van der Waals surface area contributed by atoms with Crippen molar-refractivity contribution >= 4 is 27.0 Å². The maximum Gasteiger partial charge on any atom is -1.00 e. The normalized spacial score (nSPS) is 15.0. The molecule has 0 heterocycles. The van der Waals surface area contributed by atoms with E-state index in [1.165, 1.54) is 168 Å². The molecule has 2 aliphatic rings. The van der Waals surface area contributed by atoms with Crippen molar-refractivity contribution in [2.45, 2.75) is 142 Å². The Morgan fingerprint density at radius 1 is 0.574 bits per heavy atom. The van der Waals surface area contributed by atoms with Gasteiger partial charge in [-0.3, -0.25) is 0 Å². The van der Waals surface area contributed by atoms with Gasteiger partial charge in [0.1, 0.15) is 0 Å². The van der Waals surface area contributed by atoms with E-state index in [1.807, 2.05) is 6.55 Å². The number of fused-ring (bicyclic) bond motifs is 2. The van der Waals surface area contributed by atoms with Crippen LogP contribution in [0.1, 0.15) is 120 Å². The molecule has 61 heavy (non-hydrogen) atoms. The van der Waals surface area contributed by atoms with E-state index >= 15 is 0 Å². The second-order valence-corrected chi connectivity index (χ2v) is 25.8. The summed E-state index contributed by atoms with van der Waals surface area (Å²) < 4.78 is 34.3. The van der Waals surface area contributed by atoms with Gasteiger partial charge < -0.3 is 24.8 Å². The van der Waals surface area contributed by atoms with Gasteiger partial charge in [-0.05, 0) is 59.8 Å². The van der Waals surface area contributed by atoms with Gasteiger partial charge in [0.25, 0.3) is 0 Å². The molecular weight excluding hydrogens is 896 g/mol. The molecule has 0 radical (unpaired) electrons. The summed E-state index contributed by atoms with van der Waals surface area (Å²) in [5.41, 5.74) is 10.8. The number of hydrogen-bond acceptors (Lipinski definition) is 0. The number of benzene rings is 4. The fourth-order valence-electron chi connectivity index (χ4n) is 9.30.